The first-order valence-electron chi connectivity index (χ1n) is 8.49. The lowest BCUT2D eigenvalue weighted by Gasteiger charge is -2.12. The monoisotopic (exact) mass is 310 g/mol. The van der Waals surface area contributed by atoms with E-state index < -0.39 is 18.0 Å². The van der Waals surface area contributed by atoms with Crippen molar-refractivity contribution in [2.75, 3.05) is 6.61 Å². The maximum Gasteiger partial charge on any atom is 0.347 e. The molecule has 0 radical (unpaired) electrons. The van der Waals surface area contributed by atoms with Gasteiger partial charge in [-0.1, -0.05) is 32.1 Å². The van der Waals surface area contributed by atoms with Gasteiger partial charge in [-0.25, -0.2) is 4.79 Å². The number of ether oxygens (including phenoxy) is 2. The van der Waals surface area contributed by atoms with Gasteiger partial charge in [-0.3, -0.25) is 9.59 Å². The van der Waals surface area contributed by atoms with Crippen LogP contribution in [0, 0.1) is 11.8 Å². The van der Waals surface area contributed by atoms with Gasteiger partial charge in [0.1, 0.15) is 5.78 Å². The highest BCUT2D eigenvalue weighted by Crippen LogP contribution is 2.41. The highest BCUT2D eigenvalue weighted by atomic mass is 16.6. The van der Waals surface area contributed by atoms with Gasteiger partial charge in [0.05, 0.1) is 12.5 Å². The fourth-order valence-corrected chi connectivity index (χ4v) is 2.88. The van der Waals surface area contributed by atoms with Crippen molar-refractivity contribution in [1.82, 2.24) is 0 Å². The average molecular weight is 310 g/mol. The van der Waals surface area contributed by atoms with Crippen LogP contribution in [0.3, 0.4) is 0 Å². The number of hydrogen-bond acceptors (Lipinski definition) is 5. The van der Waals surface area contributed by atoms with Crippen molar-refractivity contribution in [3.63, 3.8) is 0 Å². The van der Waals surface area contributed by atoms with E-state index in [4.69, 9.17) is 9.47 Å². The van der Waals surface area contributed by atoms with Gasteiger partial charge in [0, 0.05) is 12.3 Å². The molecule has 2 aliphatic rings. The molecule has 0 unspecified atom stereocenters. The summed E-state index contributed by atoms with van der Waals surface area (Å²) in [4.78, 5) is 35.6. The summed E-state index contributed by atoms with van der Waals surface area (Å²) in [6, 6.07) is 0. The van der Waals surface area contributed by atoms with Crippen molar-refractivity contribution >= 4 is 17.7 Å². The second-order valence-corrected chi connectivity index (χ2v) is 6.39. The minimum absolute atomic E-state index is 0.168. The third kappa shape index (κ3) is 5.11. The number of hydrogen-bond donors (Lipinski definition) is 0. The molecule has 0 spiro atoms. The first-order valence-corrected chi connectivity index (χ1v) is 8.49. The first kappa shape index (κ1) is 17.0. The third-order valence-electron chi connectivity index (χ3n) is 4.44. The van der Waals surface area contributed by atoms with E-state index in [9.17, 15) is 14.4 Å². The Hall–Kier alpha value is -1.39. The van der Waals surface area contributed by atoms with Crippen molar-refractivity contribution in [3.05, 3.63) is 0 Å². The number of carbonyl (C=O) groups excluding carboxylic acids is 3. The predicted octanol–water partition coefficient (Wildman–Crippen LogP) is 2.80. The summed E-state index contributed by atoms with van der Waals surface area (Å²) in [7, 11) is 0. The zero-order chi connectivity index (χ0) is 15.9. The van der Waals surface area contributed by atoms with E-state index in [1.165, 1.54) is 6.92 Å². The van der Waals surface area contributed by atoms with E-state index in [2.05, 4.69) is 0 Å². The van der Waals surface area contributed by atoms with Crippen LogP contribution in [-0.4, -0.2) is 30.4 Å². The molecule has 2 fully saturated rings. The molecule has 0 amide bonds. The van der Waals surface area contributed by atoms with Gasteiger partial charge < -0.3 is 9.47 Å². The molecule has 1 saturated carbocycles. The Labute approximate surface area is 131 Å². The minimum atomic E-state index is -0.889. The Kier molecular flexibility index (Phi) is 6.40. The average Bonchev–Trinajstić information content (AvgIpc) is 3.28. The van der Waals surface area contributed by atoms with Gasteiger partial charge >= 0.3 is 11.9 Å². The largest absolute Gasteiger partial charge is 0.463 e. The summed E-state index contributed by atoms with van der Waals surface area (Å²) in [5, 5.41) is 0. The number of esters is 2. The van der Waals surface area contributed by atoms with Crippen LogP contribution in [0.4, 0.5) is 0 Å². The SMILES string of the molecule is C[C@H]1OC(=O)[C@H]2C[C@@H]2C(=O)CCCCCCCCCOC1=O. The summed E-state index contributed by atoms with van der Waals surface area (Å²) < 4.78 is 10.2. The molecule has 5 nitrogen and oxygen atoms in total. The van der Waals surface area contributed by atoms with Gasteiger partial charge in [-0.2, -0.15) is 0 Å². The summed E-state index contributed by atoms with van der Waals surface area (Å²) in [5.74, 6) is -1.31. The molecule has 0 aromatic rings. The van der Waals surface area contributed by atoms with Crippen molar-refractivity contribution in [1.29, 1.82) is 0 Å². The summed E-state index contributed by atoms with van der Waals surface area (Å²) in [5.41, 5.74) is 0. The number of rotatable bonds is 0. The van der Waals surface area contributed by atoms with Crippen LogP contribution in [0.15, 0.2) is 0 Å². The number of carbonyl (C=O) groups is 3. The Morgan fingerprint density at radius 2 is 1.45 bits per heavy atom. The van der Waals surface area contributed by atoms with Crippen LogP contribution in [-0.2, 0) is 23.9 Å². The number of fused-ring (bicyclic) bond motifs is 1. The summed E-state index contributed by atoms with van der Waals surface area (Å²) >= 11 is 0. The van der Waals surface area contributed by atoms with Crippen LogP contribution >= 0.6 is 0 Å². The fraction of sp³-hybridized carbons (Fsp3) is 0.824. The van der Waals surface area contributed by atoms with Crippen LogP contribution in [0.1, 0.15) is 64.7 Å². The summed E-state index contributed by atoms with van der Waals surface area (Å²) in [6.45, 7) is 1.90. The van der Waals surface area contributed by atoms with Gasteiger partial charge in [0.25, 0.3) is 0 Å². The molecule has 0 bridgehead atoms. The minimum Gasteiger partial charge on any atom is -0.463 e. The lowest BCUT2D eigenvalue weighted by molar-refractivity contribution is -0.167. The van der Waals surface area contributed by atoms with E-state index in [1.54, 1.807) is 0 Å². The molecule has 1 saturated heterocycles. The van der Waals surface area contributed by atoms with Gasteiger partial charge in [-0.15, -0.1) is 0 Å². The second kappa shape index (κ2) is 8.30. The van der Waals surface area contributed by atoms with Crippen molar-refractivity contribution in [2.24, 2.45) is 11.8 Å². The smallest absolute Gasteiger partial charge is 0.347 e. The van der Waals surface area contributed by atoms with Crippen LogP contribution < -0.4 is 0 Å². The number of Topliss-reactive ketones (excluding diaryl/α,β-unsaturated/α-hetero) is 1. The molecule has 0 N–H and O–H groups in total. The normalized spacial score (nSPS) is 32.4. The highest BCUT2D eigenvalue weighted by molar-refractivity contribution is 5.92. The first-order chi connectivity index (χ1) is 10.6. The molecule has 1 heterocycles. The lowest BCUT2D eigenvalue weighted by Crippen LogP contribution is -2.27. The predicted molar refractivity (Wildman–Crippen MR) is 80.1 cm³/mol. The van der Waals surface area contributed by atoms with Crippen LogP contribution in [0.5, 0.6) is 0 Å². The third-order valence-corrected chi connectivity index (χ3v) is 4.44. The molecule has 1 aliphatic carbocycles. The van der Waals surface area contributed by atoms with E-state index in [1.807, 2.05) is 0 Å². The van der Waals surface area contributed by atoms with E-state index in [0.717, 1.165) is 44.9 Å². The Morgan fingerprint density at radius 1 is 0.818 bits per heavy atom. The molecule has 0 aromatic carbocycles. The van der Waals surface area contributed by atoms with Crippen molar-refractivity contribution in [3.8, 4) is 0 Å². The Bertz CT molecular complexity index is 415. The Morgan fingerprint density at radius 3 is 2.18 bits per heavy atom. The van der Waals surface area contributed by atoms with Gasteiger partial charge in [0.15, 0.2) is 6.10 Å². The topological polar surface area (TPSA) is 69.7 Å². The van der Waals surface area contributed by atoms with Crippen molar-refractivity contribution in [2.45, 2.75) is 70.8 Å². The maximum atomic E-state index is 12.0. The van der Waals surface area contributed by atoms with Crippen molar-refractivity contribution < 1.29 is 23.9 Å². The van der Waals surface area contributed by atoms with Gasteiger partial charge in [-0.05, 0) is 26.2 Å². The fourth-order valence-electron chi connectivity index (χ4n) is 2.88. The van der Waals surface area contributed by atoms with Crippen LogP contribution in [0.2, 0.25) is 0 Å². The van der Waals surface area contributed by atoms with Crippen LogP contribution in [0.25, 0.3) is 0 Å². The van der Waals surface area contributed by atoms with E-state index in [-0.39, 0.29) is 17.6 Å². The molecule has 22 heavy (non-hydrogen) atoms. The van der Waals surface area contributed by atoms with Gasteiger partial charge in [0.2, 0.25) is 0 Å². The molecular formula is C17H26O5. The zero-order valence-electron chi connectivity index (χ0n) is 13.3. The number of ketones is 1. The molecule has 5 heteroatoms. The zero-order valence-corrected chi connectivity index (χ0v) is 13.3. The highest BCUT2D eigenvalue weighted by Gasteiger charge is 2.49. The molecule has 0 aromatic heterocycles. The lowest BCUT2D eigenvalue weighted by atomic mass is 10.0. The second-order valence-electron chi connectivity index (χ2n) is 6.39. The quantitative estimate of drug-likeness (QED) is 0.643. The molecule has 2 rings (SSSR count). The van der Waals surface area contributed by atoms with E-state index >= 15 is 0 Å². The Balaban J connectivity index is 1.86. The standard InChI is InChI=1S/C17H26O5/c1-12-16(19)21-10-8-6-4-2-3-5-7-9-15(18)13-11-14(13)17(20)22-12/h12-14H,2-11H2,1H3/t12-,13+,14+/m1/s1. The number of cyclic esters (lactones) is 2. The summed E-state index contributed by atoms with van der Waals surface area (Å²) in [6.07, 6.45) is 7.52. The molecule has 124 valence electrons. The molecule has 1 aliphatic heterocycles. The maximum absolute atomic E-state index is 12.0. The van der Waals surface area contributed by atoms with E-state index in [0.29, 0.717) is 19.4 Å². The molecular weight excluding hydrogens is 284 g/mol. The molecule has 3 atom stereocenters.